The Hall–Kier alpha value is -2.90. The van der Waals surface area contributed by atoms with Crippen LogP contribution in [0.2, 0.25) is 0 Å². The molecule has 0 spiro atoms. The summed E-state index contributed by atoms with van der Waals surface area (Å²) in [6.07, 6.45) is 9.48. The van der Waals surface area contributed by atoms with Gasteiger partial charge in [-0.05, 0) is 37.8 Å². The Morgan fingerprint density at radius 1 is 1.07 bits per heavy atom. The molecule has 1 aliphatic carbocycles. The lowest BCUT2D eigenvalue weighted by Gasteiger charge is -2.23. The van der Waals surface area contributed by atoms with Crippen molar-refractivity contribution in [3.8, 4) is 11.4 Å². The molecule has 30 heavy (non-hydrogen) atoms. The van der Waals surface area contributed by atoms with E-state index in [0.717, 1.165) is 17.8 Å². The Morgan fingerprint density at radius 2 is 1.80 bits per heavy atom. The van der Waals surface area contributed by atoms with Gasteiger partial charge in [0, 0.05) is 30.9 Å². The number of hydrogen-bond acceptors (Lipinski definition) is 5. The van der Waals surface area contributed by atoms with Crippen LogP contribution < -0.4 is 16.6 Å². The normalized spacial score (nSPS) is 15.0. The highest BCUT2D eigenvalue weighted by molar-refractivity contribution is 5.75. The third-order valence-electron chi connectivity index (χ3n) is 5.75. The Labute approximate surface area is 175 Å². The monoisotopic (exact) mass is 410 g/mol. The second-order valence-corrected chi connectivity index (χ2v) is 8.09. The number of aromatic amines is 1. The molecule has 1 saturated carbocycles. The van der Waals surface area contributed by atoms with E-state index >= 15 is 0 Å². The molecule has 3 aromatic rings. The van der Waals surface area contributed by atoms with Gasteiger partial charge in [-0.3, -0.25) is 13.9 Å². The average molecular weight is 411 g/mol. The molecule has 0 saturated heterocycles. The molecule has 0 unspecified atom stereocenters. The van der Waals surface area contributed by atoms with Crippen molar-refractivity contribution in [1.29, 1.82) is 0 Å². The topological polar surface area (TPSA) is 97.6 Å². The van der Waals surface area contributed by atoms with Crippen molar-refractivity contribution >= 4 is 17.0 Å². The minimum atomic E-state index is -0.313. The van der Waals surface area contributed by atoms with Crippen LogP contribution in [0.25, 0.3) is 22.6 Å². The van der Waals surface area contributed by atoms with Crippen molar-refractivity contribution in [1.82, 2.24) is 24.1 Å². The van der Waals surface area contributed by atoms with Crippen LogP contribution in [0.5, 0.6) is 0 Å². The van der Waals surface area contributed by atoms with Crippen molar-refractivity contribution in [3.05, 3.63) is 39.2 Å². The van der Waals surface area contributed by atoms with Gasteiger partial charge in [0.25, 0.3) is 5.56 Å². The van der Waals surface area contributed by atoms with Gasteiger partial charge in [0.2, 0.25) is 0 Å². The molecule has 0 aliphatic heterocycles. The zero-order valence-electron chi connectivity index (χ0n) is 17.8. The van der Waals surface area contributed by atoms with Crippen LogP contribution in [0.1, 0.15) is 58.8 Å². The van der Waals surface area contributed by atoms with Crippen LogP contribution in [-0.2, 0) is 13.1 Å². The summed E-state index contributed by atoms with van der Waals surface area (Å²) >= 11 is 0. The molecular formula is C22H30N6O2. The fraction of sp³-hybridized carbons (Fsp3) is 0.545. The molecule has 0 atom stereocenters. The highest BCUT2D eigenvalue weighted by Gasteiger charge is 2.18. The van der Waals surface area contributed by atoms with Crippen molar-refractivity contribution in [2.45, 2.75) is 77.9 Å². The van der Waals surface area contributed by atoms with Gasteiger partial charge in [0.05, 0.1) is 0 Å². The number of H-pyrrole nitrogens is 1. The summed E-state index contributed by atoms with van der Waals surface area (Å²) in [7, 11) is 0. The summed E-state index contributed by atoms with van der Waals surface area (Å²) in [4.78, 5) is 38.0. The number of anilines is 1. The molecule has 8 nitrogen and oxygen atoms in total. The zero-order chi connectivity index (χ0) is 21.1. The number of fused-ring (bicyclic) bond motifs is 1. The number of nitrogens with one attached hydrogen (secondary N) is 2. The molecule has 0 amide bonds. The van der Waals surface area contributed by atoms with Crippen molar-refractivity contribution < 1.29 is 0 Å². The maximum absolute atomic E-state index is 12.9. The van der Waals surface area contributed by atoms with Crippen LogP contribution in [0.3, 0.4) is 0 Å². The van der Waals surface area contributed by atoms with E-state index in [1.807, 2.05) is 26.0 Å². The lowest BCUT2D eigenvalue weighted by molar-refractivity contribution is 0.462. The van der Waals surface area contributed by atoms with E-state index in [9.17, 15) is 9.59 Å². The first-order valence-electron chi connectivity index (χ1n) is 11.1. The van der Waals surface area contributed by atoms with Crippen molar-refractivity contribution in [2.75, 3.05) is 5.32 Å². The minimum Gasteiger partial charge on any atom is -0.367 e. The lowest BCUT2D eigenvalue weighted by Crippen LogP contribution is -2.40. The number of aryl methyl sites for hydroxylation is 1. The average Bonchev–Trinajstić information content (AvgIpc) is 3.21. The molecule has 3 aromatic heterocycles. The number of nitrogens with zero attached hydrogens (tertiary/aromatic N) is 4. The molecule has 3 heterocycles. The second kappa shape index (κ2) is 8.85. The fourth-order valence-corrected chi connectivity index (χ4v) is 4.22. The van der Waals surface area contributed by atoms with Gasteiger partial charge >= 0.3 is 5.69 Å². The molecule has 1 fully saturated rings. The van der Waals surface area contributed by atoms with Crippen LogP contribution in [0.15, 0.2) is 27.9 Å². The minimum absolute atomic E-state index is 0.292. The predicted octanol–water partition coefficient (Wildman–Crippen LogP) is 3.51. The molecule has 0 radical (unpaired) electrons. The maximum Gasteiger partial charge on any atom is 0.332 e. The third kappa shape index (κ3) is 3.91. The van der Waals surface area contributed by atoms with Crippen LogP contribution >= 0.6 is 0 Å². The second-order valence-electron chi connectivity index (χ2n) is 8.09. The van der Waals surface area contributed by atoms with E-state index in [1.54, 1.807) is 10.8 Å². The van der Waals surface area contributed by atoms with Gasteiger partial charge in [-0.15, -0.1) is 0 Å². The zero-order valence-corrected chi connectivity index (χ0v) is 17.8. The summed E-state index contributed by atoms with van der Waals surface area (Å²) in [5, 5.41) is 3.51. The largest absolute Gasteiger partial charge is 0.367 e. The van der Waals surface area contributed by atoms with Gasteiger partial charge in [0.15, 0.2) is 5.65 Å². The van der Waals surface area contributed by atoms with E-state index in [2.05, 4.69) is 20.3 Å². The Morgan fingerprint density at radius 3 is 2.47 bits per heavy atom. The van der Waals surface area contributed by atoms with Gasteiger partial charge in [0.1, 0.15) is 17.2 Å². The van der Waals surface area contributed by atoms with Gasteiger partial charge in [-0.1, -0.05) is 33.1 Å². The molecular weight excluding hydrogens is 380 g/mol. The SMILES string of the molecule is CCCn1c(=O)c2[nH]c(-c3ccc(NC4CCCCC4)nc3)nc2n(CCC)c1=O. The quantitative estimate of drug-likeness (QED) is 0.621. The van der Waals surface area contributed by atoms with E-state index in [1.165, 1.54) is 36.7 Å². The highest BCUT2D eigenvalue weighted by atomic mass is 16.2. The maximum atomic E-state index is 12.9. The smallest absolute Gasteiger partial charge is 0.332 e. The van der Waals surface area contributed by atoms with Crippen molar-refractivity contribution in [3.63, 3.8) is 0 Å². The van der Waals surface area contributed by atoms with E-state index < -0.39 is 0 Å². The first kappa shape index (κ1) is 20.4. The number of imidazole rings is 1. The third-order valence-corrected chi connectivity index (χ3v) is 5.75. The predicted molar refractivity (Wildman–Crippen MR) is 119 cm³/mol. The first-order valence-corrected chi connectivity index (χ1v) is 11.1. The summed E-state index contributed by atoms with van der Waals surface area (Å²) in [5.74, 6) is 1.41. The van der Waals surface area contributed by atoms with E-state index in [0.29, 0.717) is 42.5 Å². The Balaban J connectivity index is 1.69. The summed E-state index contributed by atoms with van der Waals surface area (Å²) in [5.41, 5.74) is 0.970. The summed E-state index contributed by atoms with van der Waals surface area (Å²) < 4.78 is 2.90. The Kier molecular flexibility index (Phi) is 6.01. The fourth-order valence-electron chi connectivity index (χ4n) is 4.22. The van der Waals surface area contributed by atoms with Gasteiger partial charge < -0.3 is 10.3 Å². The van der Waals surface area contributed by atoms with Crippen LogP contribution in [-0.4, -0.2) is 30.1 Å². The molecule has 4 rings (SSSR count). The molecule has 2 N–H and O–H groups in total. The Bertz CT molecular complexity index is 1120. The number of rotatable bonds is 7. The van der Waals surface area contributed by atoms with Crippen LogP contribution in [0, 0.1) is 0 Å². The first-order chi connectivity index (χ1) is 14.6. The molecule has 160 valence electrons. The lowest BCUT2D eigenvalue weighted by atomic mass is 9.95. The standard InChI is InChI=1S/C22H30N6O2/c1-3-12-27-20-18(21(29)28(13-4-2)22(27)30)25-19(26-20)15-10-11-17(23-14-15)24-16-8-6-5-7-9-16/h10-11,14,16H,3-9,12-13H2,1-2H3,(H,23,24)(H,25,26). The highest BCUT2D eigenvalue weighted by Crippen LogP contribution is 2.23. The van der Waals surface area contributed by atoms with E-state index in [-0.39, 0.29) is 11.2 Å². The van der Waals surface area contributed by atoms with Crippen molar-refractivity contribution in [2.24, 2.45) is 0 Å². The molecule has 8 heteroatoms. The number of aromatic nitrogens is 5. The number of hydrogen-bond donors (Lipinski definition) is 2. The summed E-state index contributed by atoms with van der Waals surface area (Å²) in [6.45, 7) is 4.87. The number of pyridine rings is 1. The van der Waals surface area contributed by atoms with Gasteiger partial charge in [-0.2, -0.15) is 0 Å². The van der Waals surface area contributed by atoms with E-state index in [4.69, 9.17) is 0 Å². The van der Waals surface area contributed by atoms with Gasteiger partial charge in [-0.25, -0.2) is 14.8 Å². The summed E-state index contributed by atoms with van der Waals surface area (Å²) in [6, 6.07) is 4.39. The van der Waals surface area contributed by atoms with Crippen LogP contribution in [0.4, 0.5) is 5.82 Å². The molecule has 1 aliphatic rings. The molecule has 0 bridgehead atoms. The molecule has 0 aromatic carbocycles.